The lowest BCUT2D eigenvalue weighted by molar-refractivity contribution is -0.119. The maximum absolute atomic E-state index is 11.7. The molecule has 0 aromatic carbocycles. The Labute approximate surface area is 105 Å². The van der Waals surface area contributed by atoms with E-state index in [1.165, 1.54) is 18.4 Å². The first-order chi connectivity index (χ1) is 8.22. The normalized spacial score (nSPS) is 18.9. The highest BCUT2D eigenvalue weighted by Gasteiger charge is 2.11. The van der Waals surface area contributed by atoms with Gasteiger partial charge in [-0.1, -0.05) is 55.7 Å². The molecule has 0 saturated carbocycles. The topological polar surface area (TPSA) is 17.1 Å². The van der Waals surface area contributed by atoms with Gasteiger partial charge >= 0.3 is 0 Å². The average molecular weight is 232 g/mol. The van der Waals surface area contributed by atoms with Gasteiger partial charge in [0, 0.05) is 18.8 Å². The Morgan fingerprint density at radius 2 is 2.12 bits per heavy atom. The second-order valence-corrected chi connectivity index (χ2v) is 4.83. The minimum absolute atomic E-state index is 0.353. The van der Waals surface area contributed by atoms with E-state index in [0.29, 0.717) is 24.5 Å². The molecule has 1 nitrogen and oxygen atoms in total. The molecule has 0 heterocycles. The van der Waals surface area contributed by atoms with Gasteiger partial charge in [-0.25, -0.2) is 0 Å². The van der Waals surface area contributed by atoms with E-state index in [9.17, 15) is 4.79 Å². The summed E-state index contributed by atoms with van der Waals surface area (Å²) in [5, 5.41) is 0. The zero-order valence-electron chi connectivity index (χ0n) is 11.1. The SMILES string of the molecule is CCCC/C=C\CCC(=O)CC1C=CC(C)=C1. The van der Waals surface area contributed by atoms with Gasteiger partial charge in [0.2, 0.25) is 0 Å². The first-order valence-corrected chi connectivity index (χ1v) is 6.75. The minimum atomic E-state index is 0.353. The monoisotopic (exact) mass is 232 g/mol. The summed E-state index contributed by atoms with van der Waals surface area (Å²) in [5.74, 6) is 0.734. The quantitative estimate of drug-likeness (QED) is 0.441. The fourth-order valence-electron chi connectivity index (χ4n) is 2.02. The van der Waals surface area contributed by atoms with Gasteiger partial charge in [0.05, 0.1) is 0 Å². The van der Waals surface area contributed by atoms with Crippen molar-refractivity contribution >= 4 is 5.78 Å². The van der Waals surface area contributed by atoms with Crippen molar-refractivity contribution in [1.29, 1.82) is 0 Å². The number of unbranched alkanes of at least 4 members (excludes halogenated alkanes) is 2. The second kappa shape index (κ2) is 8.05. The van der Waals surface area contributed by atoms with Crippen LogP contribution in [0.4, 0.5) is 0 Å². The second-order valence-electron chi connectivity index (χ2n) is 4.83. The maximum Gasteiger partial charge on any atom is 0.134 e. The number of hydrogen-bond donors (Lipinski definition) is 0. The van der Waals surface area contributed by atoms with Crippen molar-refractivity contribution in [3.63, 3.8) is 0 Å². The lowest BCUT2D eigenvalue weighted by Gasteiger charge is -2.02. The lowest BCUT2D eigenvalue weighted by Crippen LogP contribution is -2.02. The Hall–Kier alpha value is -1.11. The molecule has 0 spiro atoms. The van der Waals surface area contributed by atoms with Crippen LogP contribution < -0.4 is 0 Å². The molecule has 1 heteroatoms. The highest BCUT2D eigenvalue weighted by atomic mass is 16.1. The predicted octanol–water partition coefficient (Wildman–Crippen LogP) is 4.60. The van der Waals surface area contributed by atoms with Crippen LogP contribution in [0.3, 0.4) is 0 Å². The number of rotatable bonds is 8. The summed E-state index contributed by atoms with van der Waals surface area (Å²) in [7, 11) is 0. The van der Waals surface area contributed by atoms with Gasteiger partial charge in [0.15, 0.2) is 0 Å². The zero-order valence-corrected chi connectivity index (χ0v) is 11.1. The minimum Gasteiger partial charge on any atom is -0.300 e. The van der Waals surface area contributed by atoms with Crippen LogP contribution in [0.15, 0.2) is 36.0 Å². The summed E-state index contributed by atoms with van der Waals surface area (Å²) in [6, 6.07) is 0. The van der Waals surface area contributed by atoms with Gasteiger partial charge in [-0.15, -0.1) is 0 Å². The molecule has 0 saturated heterocycles. The molecular weight excluding hydrogens is 208 g/mol. The van der Waals surface area contributed by atoms with Crippen molar-refractivity contribution in [2.24, 2.45) is 5.92 Å². The van der Waals surface area contributed by atoms with E-state index in [2.05, 4.69) is 44.2 Å². The fraction of sp³-hybridized carbons (Fsp3) is 0.562. The number of Topliss-reactive ketones (excluding diaryl/α,β-unsaturated/α-hetero) is 1. The van der Waals surface area contributed by atoms with Gasteiger partial charge in [-0.2, -0.15) is 0 Å². The van der Waals surface area contributed by atoms with E-state index in [1.54, 1.807) is 0 Å². The van der Waals surface area contributed by atoms with Gasteiger partial charge in [0.1, 0.15) is 5.78 Å². The maximum atomic E-state index is 11.7. The third kappa shape index (κ3) is 6.25. The summed E-state index contributed by atoms with van der Waals surface area (Å²) in [6.45, 7) is 4.28. The Morgan fingerprint density at radius 3 is 2.76 bits per heavy atom. The fourth-order valence-corrected chi connectivity index (χ4v) is 2.02. The molecule has 1 aliphatic rings. The molecule has 17 heavy (non-hydrogen) atoms. The van der Waals surface area contributed by atoms with Crippen molar-refractivity contribution in [3.8, 4) is 0 Å². The molecule has 0 aliphatic heterocycles. The molecule has 0 radical (unpaired) electrons. The first kappa shape index (κ1) is 14.0. The van der Waals surface area contributed by atoms with Crippen molar-refractivity contribution in [2.75, 3.05) is 0 Å². The van der Waals surface area contributed by atoms with Crippen molar-refractivity contribution in [2.45, 2.75) is 52.4 Å². The predicted molar refractivity (Wildman–Crippen MR) is 73.9 cm³/mol. The Morgan fingerprint density at radius 1 is 1.35 bits per heavy atom. The van der Waals surface area contributed by atoms with Crippen LogP contribution in [0, 0.1) is 5.92 Å². The largest absolute Gasteiger partial charge is 0.300 e. The molecule has 1 rings (SSSR count). The van der Waals surface area contributed by atoms with Crippen LogP contribution in [-0.2, 0) is 4.79 Å². The van der Waals surface area contributed by atoms with Gasteiger partial charge in [-0.05, 0) is 19.8 Å². The summed E-state index contributed by atoms with van der Waals surface area (Å²) in [6.07, 6.45) is 16.7. The van der Waals surface area contributed by atoms with Crippen LogP contribution in [0.25, 0.3) is 0 Å². The highest BCUT2D eigenvalue weighted by Crippen LogP contribution is 2.19. The van der Waals surface area contributed by atoms with Gasteiger partial charge < -0.3 is 0 Å². The van der Waals surface area contributed by atoms with Gasteiger partial charge in [0.25, 0.3) is 0 Å². The highest BCUT2D eigenvalue weighted by molar-refractivity contribution is 5.79. The van der Waals surface area contributed by atoms with E-state index >= 15 is 0 Å². The molecule has 0 aromatic heterocycles. The van der Waals surface area contributed by atoms with E-state index in [4.69, 9.17) is 0 Å². The van der Waals surface area contributed by atoms with E-state index < -0.39 is 0 Å². The molecule has 0 aromatic rings. The molecular formula is C16H24O. The average Bonchev–Trinajstić information content (AvgIpc) is 2.69. The standard InChI is InChI=1S/C16H24O/c1-3-4-5-6-7-8-9-16(17)13-15-11-10-14(2)12-15/h6-7,10-12,15H,3-5,8-9,13H2,1-2H3/b7-6-. The molecule has 0 amide bonds. The van der Waals surface area contributed by atoms with Crippen LogP contribution in [-0.4, -0.2) is 5.78 Å². The van der Waals surface area contributed by atoms with E-state index in [1.807, 2.05) is 0 Å². The Balaban J connectivity index is 2.10. The van der Waals surface area contributed by atoms with Crippen LogP contribution >= 0.6 is 0 Å². The molecule has 1 unspecified atom stereocenters. The van der Waals surface area contributed by atoms with Crippen LogP contribution in [0.1, 0.15) is 52.4 Å². The first-order valence-electron chi connectivity index (χ1n) is 6.75. The Kier molecular flexibility index (Phi) is 6.61. The number of carbonyl (C=O) groups excluding carboxylic acids is 1. The smallest absolute Gasteiger partial charge is 0.134 e. The van der Waals surface area contributed by atoms with Crippen LogP contribution in [0.2, 0.25) is 0 Å². The summed E-state index contributed by atoms with van der Waals surface area (Å²) in [5.41, 5.74) is 1.28. The zero-order chi connectivity index (χ0) is 12.5. The number of hydrogen-bond acceptors (Lipinski definition) is 1. The van der Waals surface area contributed by atoms with E-state index in [0.717, 1.165) is 12.8 Å². The van der Waals surface area contributed by atoms with Crippen molar-refractivity contribution < 1.29 is 4.79 Å². The summed E-state index contributed by atoms with van der Waals surface area (Å²) < 4.78 is 0. The van der Waals surface area contributed by atoms with Crippen LogP contribution in [0.5, 0.6) is 0 Å². The summed E-state index contributed by atoms with van der Waals surface area (Å²) >= 11 is 0. The summed E-state index contributed by atoms with van der Waals surface area (Å²) in [4.78, 5) is 11.7. The number of allylic oxidation sites excluding steroid dienone is 6. The Bertz CT molecular complexity index is 320. The molecule has 0 N–H and O–H groups in total. The number of ketones is 1. The molecule has 94 valence electrons. The molecule has 1 atom stereocenters. The third-order valence-corrected chi connectivity index (χ3v) is 3.03. The number of carbonyl (C=O) groups is 1. The van der Waals surface area contributed by atoms with Gasteiger partial charge in [-0.3, -0.25) is 4.79 Å². The van der Waals surface area contributed by atoms with E-state index in [-0.39, 0.29) is 0 Å². The molecule has 1 aliphatic carbocycles. The molecule has 0 bridgehead atoms. The third-order valence-electron chi connectivity index (χ3n) is 3.03. The van der Waals surface area contributed by atoms with Crippen molar-refractivity contribution in [1.82, 2.24) is 0 Å². The molecule has 0 fully saturated rings. The lowest BCUT2D eigenvalue weighted by atomic mass is 10.0. The van der Waals surface area contributed by atoms with Crippen molar-refractivity contribution in [3.05, 3.63) is 36.0 Å².